The molecule has 3 N–H and O–H groups in total. The van der Waals surface area contributed by atoms with Crippen molar-refractivity contribution in [3.8, 4) is 0 Å². The molecule has 27 heavy (non-hydrogen) atoms. The normalized spacial score (nSPS) is 18.3. The van der Waals surface area contributed by atoms with Gasteiger partial charge in [0.2, 0.25) is 5.91 Å². The molecule has 1 aliphatic heterocycles. The summed E-state index contributed by atoms with van der Waals surface area (Å²) in [5.74, 6) is -0.294. The van der Waals surface area contributed by atoms with E-state index >= 15 is 0 Å². The monoisotopic (exact) mass is 378 g/mol. The first-order chi connectivity index (χ1) is 12.8. The number of amides is 3. The highest BCUT2D eigenvalue weighted by atomic mass is 19.1. The number of nitrogens with one attached hydrogen (secondary N) is 1. The zero-order valence-electron chi connectivity index (χ0n) is 16.5. The Balaban J connectivity index is 1.89. The number of para-hydroxylation sites is 1. The molecule has 7 heteroatoms. The maximum atomic E-state index is 13.7. The Morgan fingerprint density at radius 3 is 2.74 bits per heavy atom. The van der Waals surface area contributed by atoms with Gasteiger partial charge in [0.15, 0.2) is 0 Å². The maximum absolute atomic E-state index is 13.7. The summed E-state index contributed by atoms with van der Waals surface area (Å²) in [7, 11) is 1.79. The van der Waals surface area contributed by atoms with Gasteiger partial charge < -0.3 is 20.9 Å². The summed E-state index contributed by atoms with van der Waals surface area (Å²) < 4.78 is 13.7. The minimum atomic E-state index is -0.475. The van der Waals surface area contributed by atoms with Crippen LogP contribution in [0.1, 0.15) is 33.1 Å². The van der Waals surface area contributed by atoms with Gasteiger partial charge in [0.25, 0.3) is 0 Å². The number of urea groups is 1. The molecule has 3 amide bonds. The number of carbonyl (C=O) groups excluding carboxylic acids is 2. The Kier molecular flexibility index (Phi) is 7.59. The minimum absolute atomic E-state index is 0.0364. The summed E-state index contributed by atoms with van der Waals surface area (Å²) in [5, 5.41) is 2.59. The fourth-order valence-electron chi connectivity index (χ4n) is 3.22. The van der Waals surface area contributed by atoms with Gasteiger partial charge in [-0.3, -0.25) is 4.79 Å². The molecule has 2 rings (SSSR count). The minimum Gasteiger partial charge on any atom is -0.345 e. The number of halogens is 1. The molecule has 0 aliphatic carbocycles. The average Bonchev–Trinajstić information content (AvgIpc) is 2.66. The SMILES string of the molecule is CC(C)C(N)CCN(C)C(=O)C1CCCN(C(=O)Nc2ccccc2F)C1. The summed E-state index contributed by atoms with van der Waals surface area (Å²) in [6, 6.07) is 5.75. The molecule has 1 aromatic rings. The number of carbonyl (C=O) groups is 2. The Morgan fingerprint density at radius 1 is 1.37 bits per heavy atom. The third-order valence-electron chi connectivity index (χ3n) is 5.20. The number of rotatable bonds is 6. The molecule has 1 aliphatic rings. The number of hydrogen-bond donors (Lipinski definition) is 2. The van der Waals surface area contributed by atoms with Crippen molar-refractivity contribution >= 4 is 17.6 Å². The zero-order chi connectivity index (χ0) is 20.0. The van der Waals surface area contributed by atoms with Crippen LogP contribution in [0, 0.1) is 17.7 Å². The number of nitrogens with zero attached hydrogens (tertiary/aromatic N) is 2. The second kappa shape index (κ2) is 9.69. The molecule has 6 nitrogen and oxygen atoms in total. The third kappa shape index (κ3) is 5.92. The molecule has 0 radical (unpaired) electrons. The number of piperidine rings is 1. The summed E-state index contributed by atoms with van der Waals surface area (Å²) in [6.45, 7) is 5.65. The van der Waals surface area contributed by atoms with E-state index in [2.05, 4.69) is 19.2 Å². The van der Waals surface area contributed by atoms with Crippen molar-refractivity contribution in [1.29, 1.82) is 0 Å². The molecular formula is C20H31FN4O2. The van der Waals surface area contributed by atoms with Crippen molar-refractivity contribution in [1.82, 2.24) is 9.80 Å². The Morgan fingerprint density at radius 2 is 2.07 bits per heavy atom. The van der Waals surface area contributed by atoms with Crippen LogP contribution in [0.3, 0.4) is 0 Å². The first-order valence-electron chi connectivity index (χ1n) is 9.60. The second-order valence-electron chi connectivity index (χ2n) is 7.65. The van der Waals surface area contributed by atoms with E-state index in [1.165, 1.54) is 12.1 Å². The van der Waals surface area contributed by atoms with Crippen molar-refractivity contribution in [3.05, 3.63) is 30.1 Å². The Bertz CT molecular complexity index is 653. The maximum Gasteiger partial charge on any atom is 0.321 e. The molecular weight excluding hydrogens is 347 g/mol. The fourth-order valence-corrected chi connectivity index (χ4v) is 3.22. The summed E-state index contributed by atoms with van der Waals surface area (Å²) in [6.07, 6.45) is 2.26. The summed E-state index contributed by atoms with van der Waals surface area (Å²) >= 11 is 0. The average molecular weight is 378 g/mol. The van der Waals surface area contributed by atoms with Gasteiger partial charge in [-0.1, -0.05) is 26.0 Å². The number of nitrogens with two attached hydrogens (primary N) is 1. The lowest BCUT2D eigenvalue weighted by atomic mass is 9.96. The van der Waals surface area contributed by atoms with Crippen LogP contribution in [0.15, 0.2) is 24.3 Å². The summed E-state index contributed by atoms with van der Waals surface area (Å²) in [5.41, 5.74) is 6.21. The topological polar surface area (TPSA) is 78.7 Å². The van der Waals surface area contributed by atoms with E-state index in [0.717, 1.165) is 19.3 Å². The van der Waals surface area contributed by atoms with Gasteiger partial charge in [-0.25, -0.2) is 9.18 Å². The summed E-state index contributed by atoms with van der Waals surface area (Å²) in [4.78, 5) is 28.5. The van der Waals surface area contributed by atoms with E-state index in [4.69, 9.17) is 5.73 Å². The standard InChI is InChI=1S/C20H31FN4O2/c1-14(2)17(22)10-12-24(3)19(26)15-7-6-11-25(13-15)20(27)23-18-9-5-4-8-16(18)21/h4-5,8-9,14-15,17H,6-7,10-13,22H2,1-3H3,(H,23,27). The number of benzene rings is 1. The van der Waals surface area contributed by atoms with E-state index < -0.39 is 5.82 Å². The van der Waals surface area contributed by atoms with Gasteiger partial charge in [-0.15, -0.1) is 0 Å². The fraction of sp³-hybridized carbons (Fsp3) is 0.600. The molecule has 0 saturated carbocycles. The largest absolute Gasteiger partial charge is 0.345 e. The van der Waals surface area contributed by atoms with Crippen LogP contribution >= 0.6 is 0 Å². The van der Waals surface area contributed by atoms with Gasteiger partial charge in [0.1, 0.15) is 5.82 Å². The van der Waals surface area contributed by atoms with Gasteiger partial charge in [-0.05, 0) is 37.3 Å². The molecule has 1 heterocycles. The van der Waals surface area contributed by atoms with Crippen molar-refractivity contribution < 1.29 is 14.0 Å². The Labute approximate surface area is 160 Å². The molecule has 2 unspecified atom stereocenters. The lowest BCUT2D eigenvalue weighted by Crippen LogP contribution is -2.47. The van der Waals surface area contributed by atoms with Crippen LogP contribution in [0.25, 0.3) is 0 Å². The van der Waals surface area contributed by atoms with Crippen LogP contribution in [0.2, 0.25) is 0 Å². The number of likely N-dealkylation sites (tertiary alicyclic amines) is 1. The quantitative estimate of drug-likeness (QED) is 0.799. The zero-order valence-corrected chi connectivity index (χ0v) is 16.5. The van der Waals surface area contributed by atoms with E-state index in [1.807, 2.05) is 0 Å². The highest BCUT2D eigenvalue weighted by Crippen LogP contribution is 2.21. The molecule has 1 saturated heterocycles. The van der Waals surface area contributed by atoms with Gasteiger partial charge in [-0.2, -0.15) is 0 Å². The van der Waals surface area contributed by atoms with E-state index in [0.29, 0.717) is 25.6 Å². The van der Waals surface area contributed by atoms with Gasteiger partial charge in [0, 0.05) is 32.7 Å². The van der Waals surface area contributed by atoms with Crippen molar-refractivity contribution in [2.24, 2.45) is 17.6 Å². The lowest BCUT2D eigenvalue weighted by Gasteiger charge is -2.34. The van der Waals surface area contributed by atoms with E-state index in [9.17, 15) is 14.0 Å². The second-order valence-corrected chi connectivity index (χ2v) is 7.65. The highest BCUT2D eigenvalue weighted by molar-refractivity contribution is 5.90. The smallest absolute Gasteiger partial charge is 0.321 e. The molecule has 150 valence electrons. The van der Waals surface area contributed by atoms with E-state index in [-0.39, 0.29) is 29.6 Å². The predicted molar refractivity (Wildman–Crippen MR) is 105 cm³/mol. The first-order valence-corrected chi connectivity index (χ1v) is 9.60. The third-order valence-corrected chi connectivity index (χ3v) is 5.20. The van der Waals surface area contributed by atoms with Crippen molar-refractivity contribution in [3.63, 3.8) is 0 Å². The lowest BCUT2D eigenvalue weighted by molar-refractivity contribution is -0.135. The molecule has 1 fully saturated rings. The van der Waals surface area contributed by atoms with Crippen LogP contribution in [0.4, 0.5) is 14.9 Å². The van der Waals surface area contributed by atoms with Crippen molar-refractivity contribution in [2.45, 2.75) is 39.2 Å². The molecule has 1 aromatic carbocycles. The van der Waals surface area contributed by atoms with E-state index in [1.54, 1.807) is 29.0 Å². The van der Waals surface area contributed by atoms with Crippen LogP contribution < -0.4 is 11.1 Å². The molecule has 0 aromatic heterocycles. The highest BCUT2D eigenvalue weighted by Gasteiger charge is 2.30. The van der Waals surface area contributed by atoms with Crippen molar-refractivity contribution in [2.75, 3.05) is 32.0 Å². The molecule has 2 atom stereocenters. The molecule has 0 bridgehead atoms. The first kappa shape index (κ1) is 21.2. The molecule has 0 spiro atoms. The van der Waals surface area contributed by atoms with Gasteiger partial charge >= 0.3 is 6.03 Å². The van der Waals surface area contributed by atoms with Gasteiger partial charge in [0.05, 0.1) is 11.6 Å². The number of hydrogen-bond acceptors (Lipinski definition) is 3. The van der Waals surface area contributed by atoms with Crippen LogP contribution in [0.5, 0.6) is 0 Å². The Hall–Kier alpha value is -2.15. The van der Waals surface area contributed by atoms with Crippen LogP contribution in [-0.4, -0.2) is 54.5 Å². The van der Waals surface area contributed by atoms with Crippen LogP contribution in [-0.2, 0) is 4.79 Å². The number of anilines is 1. The predicted octanol–water partition coefficient (Wildman–Crippen LogP) is 2.90.